The minimum atomic E-state index is -0.685. The van der Waals surface area contributed by atoms with Crippen molar-refractivity contribution in [1.29, 1.82) is 0 Å². The Morgan fingerprint density at radius 2 is 2.00 bits per heavy atom. The molecule has 0 amide bonds. The normalized spacial score (nSPS) is 14.2. The molecule has 0 fully saturated rings. The Morgan fingerprint density at radius 1 is 1.33 bits per heavy atom. The second-order valence-corrected chi connectivity index (χ2v) is 6.07. The van der Waals surface area contributed by atoms with Crippen LogP contribution in [0.1, 0.15) is 18.9 Å². The molecule has 1 N–H and O–H groups in total. The van der Waals surface area contributed by atoms with Crippen LogP contribution in [0.2, 0.25) is 0 Å². The maximum absolute atomic E-state index is 11.0. The molecule has 0 radical (unpaired) electrons. The van der Waals surface area contributed by atoms with Crippen molar-refractivity contribution in [3.05, 3.63) is 29.8 Å². The first-order valence-corrected chi connectivity index (χ1v) is 8.01. The van der Waals surface area contributed by atoms with Gasteiger partial charge in [-0.3, -0.25) is 4.21 Å². The molecule has 0 heterocycles. The maximum Gasteiger partial charge on any atom is 0.118 e. The van der Waals surface area contributed by atoms with Gasteiger partial charge in [0.25, 0.3) is 0 Å². The fourth-order valence-corrected chi connectivity index (χ4v) is 2.39. The van der Waals surface area contributed by atoms with Crippen LogP contribution in [0, 0.1) is 0 Å². The molecule has 18 heavy (non-hydrogen) atoms. The summed E-state index contributed by atoms with van der Waals surface area (Å²) >= 11 is 0. The van der Waals surface area contributed by atoms with Crippen LogP contribution in [-0.4, -0.2) is 35.9 Å². The van der Waals surface area contributed by atoms with E-state index in [2.05, 4.69) is 24.4 Å². The predicted molar refractivity (Wildman–Crippen MR) is 77.7 cm³/mol. The van der Waals surface area contributed by atoms with Crippen LogP contribution in [-0.2, 0) is 17.2 Å². The van der Waals surface area contributed by atoms with Gasteiger partial charge in [-0.25, -0.2) is 0 Å². The van der Waals surface area contributed by atoms with Crippen LogP contribution in [0.4, 0.5) is 0 Å². The van der Waals surface area contributed by atoms with Gasteiger partial charge in [-0.1, -0.05) is 12.1 Å². The molecule has 2 atom stereocenters. The van der Waals surface area contributed by atoms with Crippen molar-refractivity contribution in [2.24, 2.45) is 0 Å². The first-order chi connectivity index (χ1) is 8.61. The van der Waals surface area contributed by atoms with Gasteiger partial charge >= 0.3 is 0 Å². The summed E-state index contributed by atoms with van der Waals surface area (Å²) in [6.07, 6.45) is 3.72. The number of ether oxygens (including phenoxy) is 1. The van der Waals surface area contributed by atoms with E-state index >= 15 is 0 Å². The number of methoxy groups -OCH3 is 1. The molecule has 102 valence electrons. The second kappa shape index (κ2) is 8.27. The Hall–Kier alpha value is -0.870. The van der Waals surface area contributed by atoms with Crippen molar-refractivity contribution in [2.75, 3.05) is 25.7 Å². The Morgan fingerprint density at radius 3 is 2.56 bits per heavy atom. The van der Waals surface area contributed by atoms with Gasteiger partial charge in [-0.2, -0.15) is 0 Å². The van der Waals surface area contributed by atoms with Gasteiger partial charge in [0.1, 0.15) is 5.75 Å². The van der Waals surface area contributed by atoms with Crippen LogP contribution >= 0.6 is 0 Å². The highest BCUT2D eigenvalue weighted by Gasteiger charge is 2.02. The first kappa shape index (κ1) is 15.2. The first-order valence-electron chi connectivity index (χ1n) is 6.28. The zero-order valence-electron chi connectivity index (χ0n) is 11.4. The molecule has 4 heteroatoms. The summed E-state index contributed by atoms with van der Waals surface area (Å²) in [6, 6.07) is 8.57. The van der Waals surface area contributed by atoms with Crippen LogP contribution in [0.3, 0.4) is 0 Å². The lowest BCUT2D eigenvalue weighted by Crippen LogP contribution is -2.29. The lowest BCUT2D eigenvalue weighted by Gasteiger charge is -2.13. The van der Waals surface area contributed by atoms with Gasteiger partial charge in [0.15, 0.2) is 0 Å². The van der Waals surface area contributed by atoms with Crippen molar-refractivity contribution in [3.8, 4) is 5.75 Å². The van der Waals surface area contributed by atoms with E-state index in [4.69, 9.17) is 4.74 Å². The molecule has 0 aromatic heterocycles. The number of hydrogen-bond acceptors (Lipinski definition) is 3. The topological polar surface area (TPSA) is 38.3 Å². The van der Waals surface area contributed by atoms with Crippen molar-refractivity contribution < 1.29 is 8.95 Å². The predicted octanol–water partition coefficient (Wildman–Crippen LogP) is 1.98. The van der Waals surface area contributed by atoms with Gasteiger partial charge in [-0.05, 0) is 44.0 Å². The van der Waals surface area contributed by atoms with E-state index in [0.717, 1.165) is 30.9 Å². The third-order valence-corrected chi connectivity index (χ3v) is 3.71. The van der Waals surface area contributed by atoms with E-state index in [-0.39, 0.29) is 0 Å². The SMILES string of the molecule is COc1ccc(CCNC(C)CCS(C)=O)cc1. The van der Waals surface area contributed by atoms with E-state index in [1.165, 1.54) is 5.56 Å². The van der Waals surface area contributed by atoms with E-state index in [9.17, 15) is 4.21 Å². The summed E-state index contributed by atoms with van der Waals surface area (Å²) in [6.45, 7) is 3.09. The van der Waals surface area contributed by atoms with Crippen molar-refractivity contribution in [1.82, 2.24) is 5.32 Å². The summed E-state index contributed by atoms with van der Waals surface area (Å²) in [5.74, 6) is 1.67. The lowest BCUT2D eigenvalue weighted by atomic mass is 10.1. The fourth-order valence-electron chi connectivity index (χ4n) is 1.70. The minimum absolute atomic E-state index is 0.423. The molecule has 0 spiro atoms. The number of hydrogen-bond donors (Lipinski definition) is 1. The van der Waals surface area contributed by atoms with Crippen molar-refractivity contribution >= 4 is 10.8 Å². The molecule has 0 saturated carbocycles. The molecular formula is C14H23NO2S. The molecule has 2 unspecified atom stereocenters. The summed E-state index contributed by atoms with van der Waals surface area (Å²) in [4.78, 5) is 0. The largest absolute Gasteiger partial charge is 0.497 e. The second-order valence-electron chi connectivity index (χ2n) is 4.52. The molecule has 1 aromatic carbocycles. The molecule has 0 bridgehead atoms. The Bertz CT molecular complexity index is 365. The monoisotopic (exact) mass is 269 g/mol. The zero-order valence-corrected chi connectivity index (χ0v) is 12.3. The van der Waals surface area contributed by atoms with E-state index in [0.29, 0.717) is 6.04 Å². The minimum Gasteiger partial charge on any atom is -0.497 e. The molecule has 1 rings (SSSR count). The Balaban J connectivity index is 2.22. The van der Waals surface area contributed by atoms with Crippen LogP contribution in [0.15, 0.2) is 24.3 Å². The smallest absolute Gasteiger partial charge is 0.118 e. The Kier molecular flexibility index (Phi) is 6.98. The van der Waals surface area contributed by atoms with Gasteiger partial charge < -0.3 is 10.1 Å². The lowest BCUT2D eigenvalue weighted by molar-refractivity contribution is 0.414. The molecule has 0 aliphatic heterocycles. The summed E-state index contributed by atoms with van der Waals surface area (Å²) < 4.78 is 16.1. The van der Waals surface area contributed by atoms with Gasteiger partial charge in [0, 0.05) is 28.9 Å². The van der Waals surface area contributed by atoms with Gasteiger partial charge in [-0.15, -0.1) is 0 Å². The average Bonchev–Trinajstić information content (AvgIpc) is 2.37. The molecule has 0 aliphatic rings. The van der Waals surface area contributed by atoms with Crippen LogP contribution < -0.4 is 10.1 Å². The van der Waals surface area contributed by atoms with E-state index < -0.39 is 10.8 Å². The standard InChI is InChI=1S/C14H23NO2S/c1-12(9-11-18(3)16)15-10-8-13-4-6-14(17-2)7-5-13/h4-7,12,15H,8-11H2,1-3H3. The van der Waals surface area contributed by atoms with Gasteiger partial charge in [0.2, 0.25) is 0 Å². The van der Waals surface area contributed by atoms with Crippen molar-refractivity contribution in [3.63, 3.8) is 0 Å². The summed E-state index contributed by atoms with van der Waals surface area (Å²) in [5, 5.41) is 3.45. The number of rotatable bonds is 8. The highest BCUT2D eigenvalue weighted by atomic mass is 32.2. The van der Waals surface area contributed by atoms with E-state index in [1.807, 2.05) is 12.1 Å². The average molecular weight is 269 g/mol. The third kappa shape index (κ3) is 6.17. The third-order valence-electron chi connectivity index (χ3n) is 2.90. The molecular weight excluding hydrogens is 246 g/mol. The number of nitrogens with one attached hydrogen (secondary N) is 1. The Labute approximate surface area is 112 Å². The van der Waals surface area contributed by atoms with Gasteiger partial charge in [0.05, 0.1) is 7.11 Å². The molecule has 1 aromatic rings. The maximum atomic E-state index is 11.0. The highest BCUT2D eigenvalue weighted by molar-refractivity contribution is 7.84. The fraction of sp³-hybridized carbons (Fsp3) is 0.571. The van der Waals surface area contributed by atoms with E-state index in [1.54, 1.807) is 13.4 Å². The molecule has 0 saturated heterocycles. The highest BCUT2D eigenvalue weighted by Crippen LogP contribution is 2.11. The van der Waals surface area contributed by atoms with Crippen molar-refractivity contribution in [2.45, 2.75) is 25.8 Å². The quantitative estimate of drug-likeness (QED) is 0.784. The molecule has 0 aliphatic carbocycles. The zero-order chi connectivity index (χ0) is 13.4. The van der Waals surface area contributed by atoms with Crippen LogP contribution in [0.25, 0.3) is 0 Å². The summed E-state index contributed by atoms with van der Waals surface area (Å²) in [7, 11) is 0.991. The molecule has 3 nitrogen and oxygen atoms in total. The summed E-state index contributed by atoms with van der Waals surface area (Å²) in [5.41, 5.74) is 1.30. The van der Waals surface area contributed by atoms with Crippen LogP contribution in [0.5, 0.6) is 5.75 Å². The number of benzene rings is 1.